The van der Waals surface area contributed by atoms with Gasteiger partial charge in [0.2, 0.25) is 0 Å². The summed E-state index contributed by atoms with van der Waals surface area (Å²) in [4.78, 5) is 0. The third kappa shape index (κ3) is 1.14. The topological polar surface area (TPSA) is 0 Å². The maximum absolute atomic E-state index is 2.56. The molecule has 4 aliphatic rings. The fourth-order valence-corrected chi connectivity index (χ4v) is 4.40. The zero-order chi connectivity index (χ0) is 9.83. The summed E-state index contributed by atoms with van der Waals surface area (Å²) < 4.78 is 0. The molecule has 2 unspecified atom stereocenters. The van der Waals surface area contributed by atoms with Crippen LogP contribution >= 0.6 is 0 Å². The van der Waals surface area contributed by atoms with Crippen molar-refractivity contribution in [1.29, 1.82) is 0 Å². The molecule has 2 atom stereocenters. The Labute approximate surface area is 92.4 Å². The van der Waals surface area contributed by atoms with E-state index in [9.17, 15) is 0 Å². The van der Waals surface area contributed by atoms with Gasteiger partial charge in [-0.05, 0) is 61.0 Å². The van der Waals surface area contributed by atoms with Gasteiger partial charge in [-0.25, -0.2) is 0 Å². The Morgan fingerprint density at radius 2 is 2.00 bits per heavy atom. The first-order valence-corrected chi connectivity index (χ1v) is 6.83. The van der Waals surface area contributed by atoms with E-state index in [0.717, 1.165) is 17.8 Å². The molecule has 0 aromatic carbocycles. The molecule has 0 aromatic rings. The SMILES string of the molecule is C1=C2CC(C3CCC3)CC3CCC(=C23)C1. The molecule has 0 spiro atoms. The molecule has 0 bridgehead atoms. The highest BCUT2D eigenvalue weighted by atomic mass is 14.4. The van der Waals surface area contributed by atoms with Crippen molar-refractivity contribution in [2.45, 2.75) is 51.4 Å². The molecule has 0 nitrogen and oxygen atoms in total. The molecule has 0 amide bonds. The molecule has 80 valence electrons. The van der Waals surface area contributed by atoms with Gasteiger partial charge >= 0.3 is 0 Å². The Morgan fingerprint density at radius 3 is 2.80 bits per heavy atom. The van der Waals surface area contributed by atoms with E-state index < -0.39 is 0 Å². The van der Waals surface area contributed by atoms with Crippen LogP contribution < -0.4 is 0 Å². The highest BCUT2D eigenvalue weighted by Gasteiger charge is 2.40. The third-order valence-electron chi connectivity index (χ3n) is 5.41. The number of rotatable bonds is 1. The van der Waals surface area contributed by atoms with Crippen molar-refractivity contribution in [2.24, 2.45) is 17.8 Å². The minimum absolute atomic E-state index is 0.994. The molecule has 15 heavy (non-hydrogen) atoms. The van der Waals surface area contributed by atoms with Gasteiger partial charge in [0.05, 0.1) is 0 Å². The van der Waals surface area contributed by atoms with Crippen LogP contribution in [0, 0.1) is 17.8 Å². The van der Waals surface area contributed by atoms with Gasteiger partial charge in [0, 0.05) is 0 Å². The van der Waals surface area contributed by atoms with Crippen molar-refractivity contribution < 1.29 is 0 Å². The van der Waals surface area contributed by atoms with Gasteiger partial charge in [0.25, 0.3) is 0 Å². The Morgan fingerprint density at radius 1 is 1.07 bits per heavy atom. The summed E-state index contributed by atoms with van der Waals surface area (Å²) >= 11 is 0. The molecule has 2 fully saturated rings. The normalized spacial score (nSPS) is 39.1. The zero-order valence-corrected chi connectivity index (χ0v) is 9.47. The summed E-state index contributed by atoms with van der Waals surface area (Å²) in [6.45, 7) is 0. The lowest BCUT2D eigenvalue weighted by Gasteiger charge is -2.40. The Kier molecular flexibility index (Phi) is 1.72. The van der Waals surface area contributed by atoms with Gasteiger partial charge in [-0.2, -0.15) is 0 Å². The van der Waals surface area contributed by atoms with Crippen molar-refractivity contribution in [3.63, 3.8) is 0 Å². The van der Waals surface area contributed by atoms with E-state index in [4.69, 9.17) is 0 Å². The van der Waals surface area contributed by atoms with Gasteiger partial charge < -0.3 is 0 Å². The molecule has 4 rings (SSSR count). The summed E-state index contributed by atoms with van der Waals surface area (Å²) in [5, 5.41) is 0. The quantitative estimate of drug-likeness (QED) is 0.594. The summed E-state index contributed by atoms with van der Waals surface area (Å²) in [7, 11) is 0. The molecule has 0 aromatic heterocycles. The van der Waals surface area contributed by atoms with Crippen LogP contribution in [0.1, 0.15) is 51.4 Å². The average Bonchev–Trinajstić information content (AvgIpc) is 2.71. The standard InChI is InChI=1S/C15H20/c1-2-10(3-1)14-8-12-6-4-11-5-7-13(9-14)15(11)12/h6,10,13-14H,1-5,7-9H2. The minimum atomic E-state index is 0.994. The average molecular weight is 200 g/mol. The lowest BCUT2D eigenvalue weighted by atomic mass is 9.65. The van der Waals surface area contributed by atoms with E-state index in [1.54, 1.807) is 12.0 Å². The highest BCUT2D eigenvalue weighted by Crippen LogP contribution is 2.54. The molecule has 0 aliphatic heterocycles. The zero-order valence-electron chi connectivity index (χ0n) is 9.47. The van der Waals surface area contributed by atoms with Crippen molar-refractivity contribution in [3.8, 4) is 0 Å². The van der Waals surface area contributed by atoms with E-state index in [2.05, 4.69) is 6.08 Å². The predicted molar refractivity (Wildman–Crippen MR) is 62.5 cm³/mol. The molecular formula is C15H20. The largest absolute Gasteiger partial charge is 0.0769 e. The molecule has 2 saturated carbocycles. The monoisotopic (exact) mass is 200 g/mol. The van der Waals surface area contributed by atoms with Crippen molar-refractivity contribution in [3.05, 3.63) is 22.8 Å². The van der Waals surface area contributed by atoms with Crippen LogP contribution in [0.4, 0.5) is 0 Å². The number of hydrogen-bond acceptors (Lipinski definition) is 0. The number of hydrogen-bond donors (Lipinski definition) is 0. The summed E-state index contributed by atoms with van der Waals surface area (Å²) in [5.74, 6) is 3.17. The minimum Gasteiger partial charge on any atom is -0.0769 e. The van der Waals surface area contributed by atoms with E-state index in [1.807, 2.05) is 11.1 Å². The van der Waals surface area contributed by atoms with Crippen LogP contribution in [0.15, 0.2) is 22.8 Å². The smallest absolute Gasteiger partial charge is 0.0127 e. The van der Waals surface area contributed by atoms with Crippen LogP contribution in [0.2, 0.25) is 0 Å². The van der Waals surface area contributed by atoms with Gasteiger partial charge in [0.15, 0.2) is 0 Å². The van der Waals surface area contributed by atoms with Crippen LogP contribution in [-0.4, -0.2) is 0 Å². The first kappa shape index (κ1) is 8.61. The molecule has 0 radical (unpaired) electrons. The lowest BCUT2D eigenvalue weighted by Crippen LogP contribution is -2.28. The molecule has 4 aliphatic carbocycles. The van der Waals surface area contributed by atoms with Gasteiger partial charge in [-0.15, -0.1) is 0 Å². The van der Waals surface area contributed by atoms with E-state index >= 15 is 0 Å². The molecule has 0 N–H and O–H groups in total. The maximum atomic E-state index is 2.56. The molecular weight excluding hydrogens is 180 g/mol. The fraction of sp³-hybridized carbons (Fsp3) is 0.733. The lowest BCUT2D eigenvalue weighted by molar-refractivity contribution is 0.169. The van der Waals surface area contributed by atoms with Gasteiger partial charge in [-0.3, -0.25) is 0 Å². The molecule has 0 heterocycles. The van der Waals surface area contributed by atoms with Crippen LogP contribution in [0.25, 0.3) is 0 Å². The van der Waals surface area contributed by atoms with Crippen molar-refractivity contribution >= 4 is 0 Å². The maximum Gasteiger partial charge on any atom is -0.0127 e. The van der Waals surface area contributed by atoms with Crippen molar-refractivity contribution in [1.82, 2.24) is 0 Å². The summed E-state index contributed by atoms with van der Waals surface area (Å²) in [6, 6.07) is 0. The van der Waals surface area contributed by atoms with E-state index in [-0.39, 0.29) is 0 Å². The Balaban J connectivity index is 1.62. The number of allylic oxidation sites excluding steroid dienone is 4. The van der Waals surface area contributed by atoms with E-state index in [1.165, 1.54) is 44.9 Å². The predicted octanol–water partition coefficient (Wildman–Crippen LogP) is 4.23. The second-order valence-electron chi connectivity index (χ2n) is 6.08. The van der Waals surface area contributed by atoms with E-state index in [0.29, 0.717) is 0 Å². The van der Waals surface area contributed by atoms with Crippen LogP contribution in [0.5, 0.6) is 0 Å². The molecule has 0 heteroatoms. The third-order valence-corrected chi connectivity index (χ3v) is 5.41. The molecule has 0 saturated heterocycles. The summed E-state index contributed by atoms with van der Waals surface area (Å²) in [5.41, 5.74) is 5.46. The second-order valence-corrected chi connectivity index (χ2v) is 6.08. The summed E-state index contributed by atoms with van der Waals surface area (Å²) in [6.07, 6.45) is 14.4. The van der Waals surface area contributed by atoms with Crippen LogP contribution in [-0.2, 0) is 0 Å². The first-order chi connectivity index (χ1) is 7.42. The Bertz CT molecular complexity index is 354. The fourth-order valence-electron chi connectivity index (χ4n) is 4.40. The second kappa shape index (κ2) is 2.99. The van der Waals surface area contributed by atoms with Gasteiger partial charge in [0.1, 0.15) is 0 Å². The Hall–Kier alpha value is -0.520. The van der Waals surface area contributed by atoms with Crippen LogP contribution in [0.3, 0.4) is 0 Å². The van der Waals surface area contributed by atoms with Gasteiger partial charge in [-0.1, -0.05) is 30.9 Å². The first-order valence-electron chi connectivity index (χ1n) is 6.83. The van der Waals surface area contributed by atoms with Crippen molar-refractivity contribution in [2.75, 3.05) is 0 Å². The highest BCUT2D eigenvalue weighted by molar-refractivity contribution is 5.48.